The monoisotopic (exact) mass is 668 g/mol. The van der Waals surface area contributed by atoms with Crippen molar-refractivity contribution < 1.29 is 4.58 Å². The highest BCUT2D eigenvalue weighted by molar-refractivity contribution is 6.32. The van der Waals surface area contributed by atoms with Crippen molar-refractivity contribution in [1.29, 1.82) is 0 Å². The van der Waals surface area contributed by atoms with Gasteiger partial charge in [0.2, 0.25) is 5.69 Å². The van der Waals surface area contributed by atoms with Gasteiger partial charge in [-0.05, 0) is 109 Å². The molecule has 2 N–H and O–H groups in total. The van der Waals surface area contributed by atoms with Crippen LogP contribution in [0.25, 0.3) is 21.5 Å². The molecule has 0 amide bonds. The molecule has 0 aromatic heterocycles. The highest BCUT2D eigenvalue weighted by Crippen LogP contribution is 2.51. The number of nitrogens with two attached hydrogens (primary N) is 1. The first-order valence-corrected chi connectivity index (χ1v) is 18.6. The molecule has 2 aliphatic heterocycles. The Morgan fingerprint density at radius 1 is 0.755 bits per heavy atom. The van der Waals surface area contributed by atoms with Crippen LogP contribution in [0.15, 0.2) is 119 Å². The summed E-state index contributed by atoms with van der Waals surface area (Å²) in [5.74, 6) is 0. The summed E-state index contributed by atoms with van der Waals surface area (Å²) in [6.07, 6.45) is 17.0. The lowest BCUT2D eigenvalue weighted by Gasteiger charge is -2.27. The molecule has 4 heteroatoms. The van der Waals surface area contributed by atoms with Gasteiger partial charge in [-0.3, -0.25) is 0 Å². The fraction of sp³-hybridized carbons (Fsp3) is 0.356. The van der Waals surface area contributed by atoms with Gasteiger partial charge in [-0.1, -0.05) is 105 Å². The molecular formula is C45H51ClN3+. The molecule has 0 saturated carbocycles. The van der Waals surface area contributed by atoms with E-state index in [0.717, 1.165) is 50.2 Å². The van der Waals surface area contributed by atoms with Gasteiger partial charge in [-0.15, -0.1) is 0 Å². The van der Waals surface area contributed by atoms with Crippen LogP contribution in [0.5, 0.6) is 0 Å². The Labute approximate surface area is 298 Å². The first kappa shape index (κ1) is 33.6. The van der Waals surface area contributed by atoms with E-state index in [1.165, 1.54) is 79.4 Å². The third-order valence-corrected chi connectivity index (χ3v) is 11.8. The van der Waals surface area contributed by atoms with Gasteiger partial charge in [0.1, 0.15) is 7.05 Å². The lowest BCUT2D eigenvalue weighted by atomic mass is 9.79. The van der Waals surface area contributed by atoms with Crippen LogP contribution in [0.3, 0.4) is 0 Å². The zero-order chi connectivity index (χ0) is 34.3. The standard InChI is InChI=1S/C45H51ClN3/c1-44(2)39(48(5)37-25-21-31-15-8-10-19-35(31)41(37)44)27-23-33-17-14-18-34(43(33)46)24-28-40-45(3,4)42-36-20-11-9-16-32(36)22-26-38(42)49(40)30-13-7-6-12-29-47/h8-11,15-16,19-28H,6-7,12-14,17-18,29-30,47H2,1-5H3/q+1. The predicted molar refractivity (Wildman–Crippen MR) is 212 cm³/mol. The van der Waals surface area contributed by atoms with Crippen LogP contribution < -0.4 is 10.6 Å². The van der Waals surface area contributed by atoms with Crippen LogP contribution in [-0.2, 0) is 10.8 Å². The molecule has 0 atom stereocenters. The van der Waals surface area contributed by atoms with E-state index >= 15 is 0 Å². The molecular weight excluding hydrogens is 618 g/mol. The molecule has 7 rings (SSSR count). The second-order valence-corrected chi connectivity index (χ2v) is 15.6. The predicted octanol–water partition coefficient (Wildman–Crippen LogP) is 11.4. The van der Waals surface area contributed by atoms with E-state index in [0.29, 0.717) is 0 Å². The molecule has 4 aromatic carbocycles. The number of hydrogen-bond acceptors (Lipinski definition) is 2. The summed E-state index contributed by atoms with van der Waals surface area (Å²) in [5.41, 5.74) is 16.1. The zero-order valence-electron chi connectivity index (χ0n) is 30.0. The van der Waals surface area contributed by atoms with Gasteiger partial charge in [-0.25, -0.2) is 0 Å². The second-order valence-electron chi connectivity index (χ2n) is 15.2. The number of rotatable bonds is 9. The second kappa shape index (κ2) is 13.4. The summed E-state index contributed by atoms with van der Waals surface area (Å²) < 4.78 is 2.37. The first-order valence-electron chi connectivity index (χ1n) is 18.3. The minimum absolute atomic E-state index is 0.118. The zero-order valence-corrected chi connectivity index (χ0v) is 30.7. The molecule has 2 heterocycles. The number of nitrogens with zero attached hydrogens (tertiary/aromatic N) is 2. The fourth-order valence-corrected chi connectivity index (χ4v) is 9.12. The van der Waals surface area contributed by atoms with Gasteiger partial charge in [-0.2, -0.15) is 4.58 Å². The van der Waals surface area contributed by atoms with Crippen molar-refractivity contribution >= 4 is 50.2 Å². The quantitative estimate of drug-likeness (QED) is 0.142. The maximum absolute atomic E-state index is 7.29. The number of fused-ring (bicyclic) bond motifs is 6. The topological polar surface area (TPSA) is 32.3 Å². The lowest BCUT2D eigenvalue weighted by Crippen LogP contribution is -2.27. The van der Waals surface area contributed by atoms with Gasteiger partial charge in [0.05, 0.1) is 5.41 Å². The van der Waals surface area contributed by atoms with E-state index in [1.54, 1.807) is 0 Å². The van der Waals surface area contributed by atoms with Crippen molar-refractivity contribution in [2.75, 3.05) is 25.0 Å². The average molecular weight is 669 g/mol. The van der Waals surface area contributed by atoms with Crippen molar-refractivity contribution in [3.8, 4) is 0 Å². The van der Waals surface area contributed by atoms with Crippen LogP contribution in [-0.4, -0.2) is 30.4 Å². The van der Waals surface area contributed by atoms with Crippen molar-refractivity contribution in [3.63, 3.8) is 0 Å². The smallest absolute Gasteiger partial charge is 0.210 e. The number of anilines is 1. The SMILES string of the molecule is C[N+]1=C(C=CC2=C(Cl)C(=CC=C3N(CCCCCCN)c4ccc5ccccc5c4C3(C)C)CCC2)C(C)(C)c2c1ccc1ccccc21. The van der Waals surface area contributed by atoms with E-state index in [-0.39, 0.29) is 10.8 Å². The van der Waals surface area contributed by atoms with E-state index < -0.39 is 0 Å². The summed E-state index contributed by atoms with van der Waals surface area (Å²) in [6.45, 7) is 11.3. The highest BCUT2D eigenvalue weighted by atomic mass is 35.5. The highest BCUT2D eigenvalue weighted by Gasteiger charge is 2.44. The molecule has 0 unspecified atom stereocenters. The van der Waals surface area contributed by atoms with Gasteiger partial charge >= 0.3 is 0 Å². The summed E-state index contributed by atoms with van der Waals surface area (Å²) in [4.78, 5) is 2.58. The third-order valence-electron chi connectivity index (χ3n) is 11.3. The summed E-state index contributed by atoms with van der Waals surface area (Å²) in [6, 6.07) is 26.7. The molecule has 252 valence electrons. The Bertz CT molecular complexity index is 2090. The van der Waals surface area contributed by atoms with Crippen molar-refractivity contribution in [2.24, 2.45) is 5.73 Å². The van der Waals surface area contributed by atoms with Crippen LogP contribution in [0.1, 0.15) is 83.8 Å². The molecule has 0 fully saturated rings. The van der Waals surface area contributed by atoms with Crippen LogP contribution in [0, 0.1) is 0 Å². The van der Waals surface area contributed by atoms with E-state index in [2.05, 4.69) is 141 Å². The van der Waals surface area contributed by atoms with Crippen molar-refractivity contribution in [2.45, 2.75) is 83.5 Å². The van der Waals surface area contributed by atoms with Gasteiger partial charge in [0, 0.05) is 46.1 Å². The maximum atomic E-state index is 7.29. The molecule has 4 aromatic rings. The number of halogens is 1. The Morgan fingerprint density at radius 2 is 1.43 bits per heavy atom. The molecule has 0 radical (unpaired) electrons. The van der Waals surface area contributed by atoms with Crippen LogP contribution in [0.2, 0.25) is 0 Å². The molecule has 0 saturated heterocycles. The molecule has 3 aliphatic rings. The number of benzene rings is 4. The van der Waals surface area contributed by atoms with Crippen LogP contribution in [0.4, 0.5) is 11.4 Å². The Kier molecular flexibility index (Phi) is 9.19. The van der Waals surface area contributed by atoms with Gasteiger partial charge in [0.25, 0.3) is 0 Å². The Balaban J connectivity index is 1.22. The van der Waals surface area contributed by atoms with Crippen molar-refractivity contribution in [3.05, 3.63) is 130 Å². The summed E-state index contributed by atoms with van der Waals surface area (Å²) in [7, 11) is 2.20. The summed E-state index contributed by atoms with van der Waals surface area (Å²) >= 11 is 7.29. The normalized spacial score (nSPS) is 20.1. The molecule has 0 bridgehead atoms. The third kappa shape index (κ3) is 5.89. The largest absolute Gasteiger partial charge is 0.344 e. The van der Waals surface area contributed by atoms with E-state index in [9.17, 15) is 0 Å². The van der Waals surface area contributed by atoms with E-state index in [1.807, 2.05) is 0 Å². The Morgan fingerprint density at radius 3 is 2.16 bits per heavy atom. The maximum Gasteiger partial charge on any atom is 0.210 e. The van der Waals surface area contributed by atoms with Gasteiger partial charge in [0.15, 0.2) is 5.71 Å². The minimum atomic E-state index is -0.132. The minimum Gasteiger partial charge on any atom is -0.344 e. The molecule has 3 nitrogen and oxygen atoms in total. The lowest BCUT2D eigenvalue weighted by molar-refractivity contribution is -0.401. The molecule has 0 spiro atoms. The fourth-order valence-electron chi connectivity index (χ4n) is 8.80. The average Bonchev–Trinajstić information content (AvgIpc) is 3.44. The van der Waals surface area contributed by atoms with E-state index in [4.69, 9.17) is 17.3 Å². The summed E-state index contributed by atoms with van der Waals surface area (Å²) in [5, 5.41) is 6.19. The Hall–Kier alpha value is -3.92. The molecule has 1 aliphatic carbocycles. The number of hydrogen-bond donors (Lipinski definition) is 1. The first-order chi connectivity index (χ1) is 23.6. The number of unbranched alkanes of at least 4 members (excludes halogenated alkanes) is 3. The van der Waals surface area contributed by atoms with Crippen LogP contribution >= 0.6 is 11.6 Å². The van der Waals surface area contributed by atoms with Crippen molar-refractivity contribution in [1.82, 2.24) is 0 Å². The molecule has 49 heavy (non-hydrogen) atoms. The number of allylic oxidation sites excluding steroid dienone is 8. The van der Waals surface area contributed by atoms with Gasteiger partial charge < -0.3 is 10.6 Å².